The van der Waals surface area contributed by atoms with E-state index >= 15 is 0 Å². The number of hydrogen-bond acceptors (Lipinski definition) is 4. The summed E-state index contributed by atoms with van der Waals surface area (Å²) >= 11 is 0. The zero-order valence-corrected chi connectivity index (χ0v) is 19.2. The summed E-state index contributed by atoms with van der Waals surface area (Å²) in [5.41, 5.74) is 3.00. The van der Waals surface area contributed by atoms with Crippen molar-refractivity contribution in [1.82, 2.24) is 9.80 Å². The maximum atomic E-state index is 12.9. The Morgan fingerprint density at radius 3 is 2.14 bits per heavy atom. The Kier molecular flexibility index (Phi) is 6.14. The fourth-order valence-corrected chi connectivity index (χ4v) is 4.52. The van der Waals surface area contributed by atoms with Crippen molar-refractivity contribution < 1.29 is 19.2 Å². The van der Waals surface area contributed by atoms with Crippen LogP contribution in [0.4, 0.5) is 5.69 Å². The molecule has 0 aromatic heterocycles. The number of anilines is 1. The van der Waals surface area contributed by atoms with Gasteiger partial charge in [-0.2, -0.15) is 0 Å². The van der Waals surface area contributed by atoms with Crippen molar-refractivity contribution in [2.75, 3.05) is 25.0 Å². The van der Waals surface area contributed by atoms with Gasteiger partial charge in [-0.1, -0.05) is 30.3 Å². The van der Waals surface area contributed by atoms with Gasteiger partial charge in [0.1, 0.15) is 0 Å². The standard InChI is InChI=1S/C28H25N3O4/c32-25(29-22-11-8-20(9-12-22)26(33)30-15-4-5-16-30)21-10-13-23-24(18-21)28(35)31(27(23)34)17-14-19-6-2-1-3-7-19/h1-3,6-13,18H,4-5,14-17H2,(H,29,32). The van der Waals surface area contributed by atoms with Crippen LogP contribution in [0.2, 0.25) is 0 Å². The molecule has 0 atom stereocenters. The van der Waals surface area contributed by atoms with Crippen molar-refractivity contribution in [2.24, 2.45) is 0 Å². The highest BCUT2D eigenvalue weighted by Crippen LogP contribution is 2.25. The minimum atomic E-state index is -0.394. The number of likely N-dealkylation sites (tertiary alicyclic amines) is 1. The lowest BCUT2D eigenvalue weighted by Gasteiger charge is -2.15. The summed E-state index contributed by atoms with van der Waals surface area (Å²) in [4.78, 5) is 54.1. The number of carbonyl (C=O) groups excluding carboxylic acids is 4. The third-order valence-corrected chi connectivity index (χ3v) is 6.48. The van der Waals surface area contributed by atoms with E-state index in [0.717, 1.165) is 31.5 Å². The fourth-order valence-electron chi connectivity index (χ4n) is 4.52. The molecule has 0 saturated carbocycles. The first-order chi connectivity index (χ1) is 17.0. The lowest BCUT2D eigenvalue weighted by Crippen LogP contribution is -2.31. The molecule has 0 bridgehead atoms. The Hall–Kier alpha value is -4.26. The van der Waals surface area contributed by atoms with E-state index in [4.69, 9.17) is 0 Å². The number of imide groups is 1. The summed E-state index contributed by atoms with van der Waals surface area (Å²) in [6.07, 6.45) is 2.62. The average molecular weight is 468 g/mol. The molecule has 5 rings (SSSR count). The van der Waals surface area contributed by atoms with E-state index in [0.29, 0.717) is 23.2 Å². The summed E-state index contributed by atoms with van der Waals surface area (Å²) in [6.45, 7) is 1.83. The highest BCUT2D eigenvalue weighted by atomic mass is 16.2. The minimum Gasteiger partial charge on any atom is -0.339 e. The zero-order valence-electron chi connectivity index (χ0n) is 19.2. The van der Waals surface area contributed by atoms with E-state index < -0.39 is 5.91 Å². The lowest BCUT2D eigenvalue weighted by atomic mass is 10.1. The molecule has 1 fully saturated rings. The Morgan fingerprint density at radius 1 is 0.771 bits per heavy atom. The molecule has 7 nitrogen and oxygen atoms in total. The highest BCUT2D eigenvalue weighted by molar-refractivity contribution is 6.22. The van der Waals surface area contributed by atoms with Gasteiger partial charge in [0.05, 0.1) is 11.1 Å². The minimum absolute atomic E-state index is 0.000929. The fraction of sp³-hybridized carbons (Fsp3) is 0.214. The predicted molar refractivity (Wildman–Crippen MR) is 131 cm³/mol. The maximum Gasteiger partial charge on any atom is 0.261 e. The maximum absolute atomic E-state index is 12.9. The molecule has 2 aliphatic rings. The zero-order chi connectivity index (χ0) is 24.4. The van der Waals surface area contributed by atoms with Gasteiger partial charge in [-0.3, -0.25) is 24.1 Å². The van der Waals surface area contributed by atoms with Gasteiger partial charge in [0, 0.05) is 36.4 Å². The van der Waals surface area contributed by atoms with E-state index in [1.165, 1.54) is 17.0 Å². The van der Waals surface area contributed by atoms with Crippen LogP contribution in [0.15, 0.2) is 72.8 Å². The van der Waals surface area contributed by atoms with Gasteiger partial charge >= 0.3 is 0 Å². The van der Waals surface area contributed by atoms with Gasteiger partial charge in [-0.25, -0.2) is 0 Å². The number of amides is 4. The first-order valence-electron chi connectivity index (χ1n) is 11.8. The molecular weight excluding hydrogens is 442 g/mol. The topological polar surface area (TPSA) is 86.8 Å². The molecule has 3 aromatic rings. The largest absolute Gasteiger partial charge is 0.339 e. The van der Waals surface area contributed by atoms with Crippen LogP contribution >= 0.6 is 0 Å². The second-order valence-corrected chi connectivity index (χ2v) is 8.79. The number of nitrogens with zero attached hydrogens (tertiary/aromatic N) is 2. The van der Waals surface area contributed by atoms with E-state index in [2.05, 4.69) is 5.32 Å². The molecule has 1 N–H and O–H groups in total. The molecule has 0 radical (unpaired) electrons. The van der Waals surface area contributed by atoms with Crippen LogP contribution in [0.25, 0.3) is 0 Å². The summed E-state index contributed by atoms with van der Waals surface area (Å²) in [5, 5.41) is 2.80. The van der Waals surface area contributed by atoms with Crippen molar-refractivity contribution in [3.63, 3.8) is 0 Å². The molecule has 3 aromatic carbocycles. The molecule has 0 aliphatic carbocycles. The lowest BCUT2D eigenvalue weighted by molar-refractivity contribution is 0.0655. The van der Waals surface area contributed by atoms with E-state index in [1.54, 1.807) is 30.3 Å². The van der Waals surface area contributed by atoms with Crippen LogP contribution in [0, 0.1) is 0 Å². The third-order valence-electron chi connectivity index (χ3n) is 6.48. The molecule has 2 heterocycles. The van der Waals surface area contributed by atoms with E-state index in [9.17, 15) is 19.2 Å². The molecule has 7 heteroatoms. The molecule has 0 spiro atoms. The normalized spacial score (nSPS) is 14.9. The predicted octanol–water partition coefficient (Wildman–Crippen LogP) is 4.01. The molecule has 4 amide bonds. The van der Waals surface area contributed by atoms with Gasteiger partial charge in [0.25, 0.3) is 23.6 Å². The van der Waals surface area contributed by atoms with Gasteiger partial charge in [-0.15, -0.1) is 0 Å². The monoisotopic (exact) mass is 467 g/mol. The number of carbonyl (C=O) groups is 4. The number of nitrogens with one attached hydrogen (secondary N) is 1. The molecule has 2 aliphatic heterocycles. The van der Waals surface area contributed by atoms with Crippen molar-refractivity contribution in [2.45, 2.75) is 19.3 Å². The number of hydrogen-bond donors (Lipinski definition) is 1. The van der Waals surface area contributed by atoms with Crippen molar-refractivity contribution in [3.8, 4) is 0 Å². The van der Waals surface area contributed by atoms with E-state index in [-0.39, 0.29) is 35.4 Å². The molecule has 35 heavy (non-hydrogen) atoms. The molecule has 0 unspecified atom stereocenters. The summed E-state index contributed by atoms with van der Waals surface area (Å²) in [7, 11) is 0. The van der Waals surface area contributed by atoms with Crippen LogP contribution in [0.5, 0.6) is 0 Å². The summed E-state index contributed by atoms with van der Waals surface area (Å²) < 4.78 is 0. The van der Waals surface area contributed by atoms with E-state index in [1.807, 2.05) is 35.2 Å². The number of fused-ring (bicyclic) bond motifs is 1. The first kappa shape index (κ1) is 22.5. The Bertz CT molecular complexity index is 1300. The smallest absolute Gasteiger partial charge is 0.261 e. The second-order valence-electron chi connectivity index (χ2n) is 8.79. The molecule has 1 saturated heterocycles. The second kappa shape index (κ2) is 9.54. The SMILES string of the molecule is O=C(Nc1ccc(C(=O)N2CCCC2)cc1)c1ccc2c(c1)C(=O)N(CCc1ccccc1)C2=O. The van der Waals surface area contributed by atoms with Crippen LogP contribution in [-0.4, -0.2) is 53.1 Å². The van der Waals surface area contributed by atoms with Crippen molar-refractivity contribution >= 4 is 29.3 Å². The van der Waals surface area contributed by atoms with Crippen LogP contribution < -0.4 is 5.32 Å². The molecular formula is C28H25N3O4. The first-order valence-corrected chi connectivity index (χ1v) is 11.8. The van der Waals surface area contributed by atoms with Crippen molar-refractivity contribution in [1.29, 1.82) is 0 Å². The Morgan fingerprint density at radius 2 is 1.43 bits per heavy atom. The average Bonchev–Trinajstić information content (AvgIpc) is 3.51. The Balaban J connectivity index is 1.25. The Labute approximate surface area is 203 Å². The summed E-state index contributed by atoms with van der Waals surface area (Å²) in [5.74, 6) is -1.13. The molecule has 176 valence electrons. The number of benzene rings is 3. The third kappa shape index (κ3) is 4.57. The van der Waals surface area contributed by atoms with Crippen LogP contribution in [-0.2, 0) is 6.42 Å². The highest BCUT2D eigenvalue weighted by Gasteiger charge is 2.35. The van der Waals surface area contributed by atoms with Crippen LogP contribution in [0.3, 0.4) is 0 Å². The van der Waals surface area contributed by atoms with Crippen LogP contribution in [0.1, 0.15) is 59.8 Å². The quantitative estimate of drug-likeness (QED) is 0.555. The summed E-state index contributed by atoms with van der Waals surface area (Å²) in [6, 6.07) is 21.0. The van der Waals surface area contributed by atoms with Gasteiger partial charge in [-0.05, 0) is 67.3 Å². The van der Waals surface area contributed by atoms with Gasteiger partial charge in [0.2, 0.25) is 0 Å². The number of rotatable bonds is 6. The van der Waals surface area contributed by atoms with Gasteiger partial charge < -0.3 is 10.2 Å². The van der Waals surface area contributed by atoms with Crippen molar-refractivity contribution in [3.05, 3.63) is 101 Å². The van der Waals surface area contributed by atoms with Gasteiger partial charge in [0.15, 0.2) is 0 Å².